The van der Waals surface area contributed by atoms with E-state index in [-0.39, 0.29) is 0 Å². The van der Waals surface area contributed by atoms with Crippen LogP contribution in [0.5, 0.6) is 0 Å². The molecule has 0 aliphatic heterocycles. The number of rotatable bonds is 3. The fraction of sp³-hybridized carbons (Fsp3) is 0.357. The van der Waals surface area contributed by atoms with Gasteiger partial charge in [0.05, 0.1) is 17.8 Å². The summed E-state index contributed by atoms with van der Waals surface area (Å²) in [6, 6.07) is 4.01. The van der Waals surface area contributed by atoms with Crippen LogP contribution in [-0.2, 0) is 20.0 Å². The molecule has 0 bridgehead atoms. The molecule has 5 nitrogen and oxygen atoms in total. The molecule has 0 spiro atoms. The molecule has 3 aromatic rings. The van der Waals surface area contributed by atoms with Gasteiger partial charge in [-0.2, -0.15) is 5.10 Å². The molecule has 0 amide bonds. The smallest absolute Gasteiger partial charge is 0.179 e. The zero-order valence-corrected chi connectivity index (χ0v) is 12.7. The summed E-state index contributed by atoms with van der Waals surface area (Å²) in [5.74, 6) is 0. The van der Waals surface area contributed by atoms with E-state index in [1.807, 2.05) is 35.4 Å². The average Bonchev–Trinajstić information content (AvgIpc) is 2.91. The summed E-state index contributed by atoms with van der Waals surface area (Å²) in [7, 11) is 1.94. The van der Waals surface area contributed by atoms with Crippen molar-refractivity contribution in [3.8, 4) is 0 Å². The molecule has 0 saturated carbocycles. The number of hydrogen-bond donors (Lipinski definition) is 1. The number of nitrogens with zero attached hydrogens (tertiary/aromatic N) is 4. The van der Waals surface area contributed by atoms with Crippen molar-refractivity contribution in [1.82, 2.24) is 24.3 Å². The maximum atomic E-state index is 5.42. The van der Waals surface area contributed by atoms with Crippen molar-refractivity contribution in [3.05, 3.63) is 40.1 Å². The molecule has 3 rings (SSSR count). The van der Waals surface area contributed by atoms with Gasteiger partial charge in [0, 0.05) is 24.5 Å². The number of H-pyrrole nitrogens is 1. The first-order valence-electron chi connectivity index (χ1n) is 6.66. The second-order valence-electron chi connectivity index (χ2n) is 4.97. The van der Waals surface area contributed by atoms with E-state index in [4.69, 9.17) is 12.2 Å². The summed E-state index contributed by atoms with van der Waals surface area (Å²) in [6.07, 6.45) is 2.97. The Morgan fingerprint density at radius 3 is 2.90 bits per heavy atom. The number of hydrogen-bond acceptors (Lipinski definition) is 3. The van der Waals surface area contributed by atoms with Crippen molar-refractivity contribution in [2.24, 2.45) is 7.05 Å². The molecule has 0 aromatic carbocycles. The van der Waals surface area contributed by atoms with Crippen LogP contribution in [0.25, 0.3) is 11.2 Å². The van der Waals surface area contributed by atoms with E-state index < -0.39 is 0 Å². The van der Waals surface area contributed by atoms with E-state index in [9.17, 15) is 0 Å². The number of fused-ring (bicyclic) bond motifs is 1. The number of pyridine rings is 1. The minimum atomic E-state index is 0.698. The molecule has 1 N–H and O–H groups in total. The van der Waals surface area contributed by atoms with E-state index in [1.54, 1.807) is 0 Å². The number of aromatic amines is 1. The fourth-order valence-electron chi connectivity index (χ4n) is 2.46. The van der Waals surface area contributed by atoms with Gasteiger partial charge in [-0.05, 0) is 37.7 Å². The van der Waals surface area contributed by atoms with Crippen molar-refractivity contribution < 1.29 is 0 Å². The Kier molecular flexibility index (Phi) is 3.17. The Morgan fingerprint density at radius 1 is 1.35 bits per heavy atom. The first-order valence-corrected chi connectivity index (χ1v) is 7.07. The topological polar surface area (TPSA) is 51.4 Å². The van der Waals surface area contributed by atoms with Crippen LogP contribution in [0.3, 0.4) is 0 Å². The highest BCUT2D eigenvalue weighted by atomic mass is 32.1. The van der Waals surface area contributed by atoms with Crippen LogP contribution < -0.4 is 0 Å². The minimum absolute atomic E-state index is 0.698. The largest absolute Gasteiger partial charge is 0.329 e. The van der Waals surface area contributed by atoms with Crippen molar-refractivity contribution in [3.63, 3.8) is 0 Å². The molecule has 0 aliphatic rings. The van der Waals surface area contributed by atoms with Crippen LogP contribution in [0.4, 0.5) is 0 Å². The molecule has 0 aliphatic carbocycles. The molecule has 104 valence electrons. The van der Waals surface area contributed by atoms with Crippen molar-refractivity contribution in [2.75, 3.05) is 0 Å². The van der Waals surface area contributed by atoms with Crippen LogP contribution >= 0.6 is 12.2 Å². The maximum Gasteiger partial charge on any atom is 0.179 e. The lowest BCUT2D eigenvalue weighted by Gasteiger charge is -2.04. The van der Waals surface area contributed by atoms with Gasteiger partial charge >= 0.3 is 0 Å². The summed E-state index contributed by atoms with van der Waals surface area (Å²) in [6.45, 7) is 4.80. The SMILES string of the molecule is CCc1nn(C)cc1Cn1c(=S)[nH]c2ccc(C)nc21. The first kappa shape index (κ1) is 13.1. The maximum absolute atomic E-state index is 5.42. The third-order valence-electron chi connectivity index (χ3n) is 3.41. The second kappa shape index (κ2) is 4.86. The quantitative estimate of drug-likeness (QED) is 0.754. The summed E-state index contributed by atoms with van der Waals surface area (Å²) in [5, 5.41) is 4.48. The summed E-state index contributed by atoms with van der Waals surface area (Å²) in [5.41, 5.74) is 5.16. The highest BCUT2D eigenvalue weighted by Crippen LogP contribution is 2.16. The normalized spacial score (nSPS) is 11.3. The fourth-order valence-corrected chi connectivity index (χ4v) is 2.72. The lowest BCUT2D eigenvalue weighted by Crippen LogP contribution is -2.02. The number of aryl methyl sites for hydroxylation is 3. The molecule has 0 unspecified atom stereocenters. The summed E-state index contributed by atoms with van der Waals surface area (Å²) < 4.78 is 4.59. The number of aromatic nitrogens is 5. The predicted octanol–water partition coefficient (Wildman–Crippen LogP) is 2.75. The monoisotopic (exact) mass is 287 g/mol. The van der Waals surface area contributed by atoms with Gasteiger partial charge in [0.25, 0.3) is 0 Å². The first-order chi connectivity index (χ1) is 9.58. The van der Waals surface area contributed by atoms with Gasteiger partial charge in [0.1, 0.15) is 0 Å². The number of nitrogens with one attached hydrogen (secondary N) is 1. The van der Waals surface area contributed by atoms with Gasteiger partial charge in [0.2, 0.25) is 0 Å². The molecular weight excluding hydrogens is 270 g/mol. The summed E-state index contributed by atoms with van der Waals surface area (Å²) >= 11 is 5.42. The van der Waals surface area contributed by atoms with Crippen molar-refractivity contribution in [1.29, 1.82) is 0 Å². The Balaban J connectivity index is 2.12. The van der Waals surface area contributed by atoms with Gasteiger partial charge in [-0.3, -0.25) is 9.25 Å². The van der Waals surface area contributed by atoms with Gasteiger partial charge < -0.3 is 4.98 Å². The second-order valence-corrected chi connectivity index (χ2v) is 5.36. The van der Waals surface area contributed by atoms with E-state index >= 15 is 0 Å². The Morgan fingerprint density at radius 2 is 2.15 bits per heavy atom. The molecule has 3 heterocycles. The van der Waals surface area contributed by atoms with Gasteiger partial charge in [-0.1, -0.05) is 6.92 Å². The van der Waals surface area contributed by atoms with Crippen LogP contribution in [0, 0.1) is 11.7 Å². The summed E-state index contributed by atoms with van der Waals surface area (Å²) in [4.78, 5) is 7.80. The molecule has 0 radical (unpaired) electrons. The molecule has 6 heteroatoms. The van der Waals surface area contributed by atoms with Crippen molar-refractivity contribution in [2.45, 2.75) is 26.8 Å². The van der Waals surface area contributed by atoms with Gasteiger partial charge in [0.15, 0.2) is 10.4 Å². The molecule has 20 heavy (non-hydrogen) atoms. The van der Waals surface area contributed by atoms with E-state index in [1.165, 1.54) is 5.56 Å². The Hall–Kier alpha value is -1.95. The zero-order chi connectivity index (χ0) is 14.3. The standard InChI is InChI=1S/C14H17N5S/c1-4-11-10(7-18(3)17-11)8-19-13-12(16-14(19)20)6-5-9(2)15-13/h5-7H,4,8H2,1-3H3,(H,16,20). The Bertz CT molecular complexity index is 824. The molecule has 0 saturated heterocycles. The van der Waals surface area contributed by atoms with E-state index in [2.05, 4.69) is 28.2 Å². The highest BCUT2D eigenvalue weighted by Gasteiger charge is 2.11. The Labute approximate surface area is 122 Å². The van der Waals surface area contributed by atoms with Crippen LogP contribution in [0.15, 0.2) is 18.3 Å². The lowest BCUT2D eigenvalue weighted by atomic mass is 10.2. The lowest BCUT2D eigenvalue weighted by molar-refractivity contribution is 0.746. The molecule has 0 fully saturated rings. The van der Waals surface area contributed by atoms with Crippen LogP contribution in [0.2, 0.25) is 0 Å². The van der Waals surface area contributed by atoms with Gasteiger partial charge in [-0.25, -0.2) is 4.98 Å². The third-order valence-corrected chi connectivity index (χ3v) is 3.73. The highest BCUT2D eigenvalue weighted by molar-refractivity contribution is 7.71. The number of imidazole rings is 1. The molecular formula is C14H17N5S. The minimum Gasteiger partial charge on any atom is -0.329 e. The molecule has 0 atom stereocenters. The van der Waals surface area contributed by atoms with E-state index in [0.29, 0.717) is 11.3 Å². The van der Waals surface area contributed by atoms with Gasteiger partial charge in [-0.15, -0.1) is 0 Å². The average molecular weight is 287 g/mol. The van der Waals surface area contributed by atoms with Crippen molar-refractivity contribution >= 4 is 23.4 Å². The van der Waals surface area contributed by atoms with Crippen LogP contribution in [0.1, 0.15) is 23.9 Å². The predicted molar refractivity (Wildman–Crippen MR) is 81.3 cm³/mol. The van der Waals surface area contributed by atoms with Crippen LogP contribution in [-0.4, -0.2) is 24.3 Å². The zero-order valence-electron chi connectivity index (χ0n) is 11.8. The molecule has 3 aromatic heterocycles. The van der Waals surface area contributed by atoms with E-state index in [0.717, 1.165) is 29.0 Å². The third kappa shape index (κ3) is 2.16.